The molecule has 0 aliphatic carbocycles. The number of nitrogens with zero attached hydrogens (tertiary/aromatic N) is 1. The number of aryl methyl sites for hydroxylation is 1. The van der Waals surface area contributed by atoms with Crippen molar-refractivity contribution in [3.63, 3.8) is 0 Å². The first-order valence-corrected chi connectivity index (χ1v) is 9.95. The topological polar surface area (TPSA) is 44.4 Å². The lowest BCUT2D eigenvalue weighted by Gasteiger charge is -2.20. The molecule has 2 aromatic carbocycles. The molecule has 2 N–H and O–H groups in total. The maximum Gasteiger partial charge on any atom is 0.243 e. The van der Waals surface area contributed by atoms with Crippen molar-refractivity contribution < 1.29 is 4.79 Å². The molecule has 0 aromatic heterocycles. The van der Waals surface area contributed by atoms with E-state index in [0.717, 1.165) is 33.5 Å². The highest BCUT2D eigenvalue weighted by Crippen LogP contribution is 2.19. The quantitative estimate of drug-likeness (QED) is 0.409. The number of thioether (sulfide) groups is 1. The van der Waals surface area contributed by atoms with Gasteiger partial charge in [0.1, 0.15) is 0 Å². The SMILES string of the molecule is Cc1ccc(NC(=O)CN(C)C(=S)NCCSc2ccc(Cl)cc2)cc1. The zero-order chi connectivity index (χ0) is 18.9. The van der Waals surface area contributed by atoms with Crippen molar-refractivity contribution >= 4 is 52.3 Å². The molecule has 0 aliphatic heterocycles. The second kappa shape index (κ2) is 10.4. The Kier molecular flexibility index (Phi) is 8.22. The third-order valence-corrected chi connectivity index (χ3v) is 5.25. The van der Waals surface area contributed by atoms with Crippen molar-refractivity contribution in [2.75, 3.05) is 31.2 Å². The number of hydrogen-bond acceptors (Lipinski definition) is 3. The van der Waals surface area contributed by atoms with Gasteiger partial charge in [-0.05, 0) is 55.5 Å². The summed E-state index contributed by atoms with van der Waals surface area (Å²) in [6, 6.07) is 15.4. The Morgan fingerprint density at radius 2 is 1.81 bits per heavy atom. The Morgan fingerprint density at radius 1 is 1.15 bits per heavy atom. The van der Waals surface area contributed by atoms with Gasteiger partial charge in [0.05, 0.1) is 6.54 Å². The summed E-state index contributed by atoms with van der Waals surface area (Å²) in [4.78, 5) is 15.0. The predicted molar refractivity (Wildman–Crippen MR) is 115 cm³/mol. The lowest BCUT2D eigenvalue weighted by molar-refractivity contribution is -0.116. The van der Waals surface area contributed by atoms with E-state index < -0.39 is 0 Å². The molecule has 0 bridgehead atoms. The number of halogens is 1. The van der Waals surface area contributed by atoms with Gasteiger partial charge in [0, 0.05) is 35.0 Å². The van der Waals surface area contributed by atoms with Crippen LogP contribution in [0.5, 0.6) is 0 Å². The molecule has 138 valence electrons. The summed E-state index contributed by atoms with van der Waals surface area (Å²) >= 11 is 12.9. The first kappa shape index (κ1) is 20.6. The number of benzene rings is 2. The Hall–Kier alpha value is -1.76. The Balaban J connectivity index is 1.67. The minimum atomic E-state index is -0.101. The van der Waals surface area contributed by atoms with E-state index in [4.69, 9.17) is 23.8 Å². The monoisotopic (exact) mass is 407 g/mol. The van der Waals surface area contributed by atoms with Gasteiger partial charge in [0.25, 0.3) is 0 Å². The van der Waals surface area contributed by atoms with Crippen molar-refractivity contribution in [1.82, 2.24) is 10.2 Å². The van der Waals surface area contributed by atoms with Gasteiger partial charge in [-0.15, -0.1) is 11.8 Å². The van der Waals surface area contributed by atoms with E-state index in [1.54, 1.807) is 23.7 Å². The van der Waals surface area contributed by atoms with Gasteiger partial charge in [-0.3, -0.25) is 4.79 Å². The number of likely N-dealkylation sites (N-methyl/N-ethyl adjacent to an activating group) is 1. The smallest absolute Gasteiger partial charge is 0.243 e. The summed E-state index contributed by atoms with van der Waals surface area (Å²) in [7, 11) is 1.80. The van der Waals surface area contributed by atoms with Gasteiger partial charge < -0.3 is 15.5 Å². The van der Waals surface area contributed by atoms with Crippen molar-refractivity contribution in [2.45, 2.75) is 11.8 Å². The molecule has 0 spiro atoms. The van der Waals surface area contributed by atoms with Crippen LogP contribution >= 0.6 is 35.6 Å². The molecular formula is C19H22ClN3OS2. The largest absolute Gasteiger partial charge is 0.362 e. The van der Waals surface area contributed by atoms with Crippen molar-refractivity contribution in [3.8, 4) is 0 Å². The van der Waals surface area contributed by atoms with Gasteiger partial charge in [-0.25, -0.2) is 0 Å². The van der Waals surface area contributed by atoms with Crippen molar-refractivity contribution in [3.05, 3.63) is 59.1 Å². The van der Waals surface area contributed by atoms with E-state index in [1.807, 2.05) is 55.5 Å². The van der Waals surface area contributed by atoms with Crippen LogP contribution in [0, 0.1) is 6.92 Å². The molecule has 0 fully saturated rings. The maximum absolute atomic E-state index is 12.1. The van der Waals surface area contributed by atoms with E-state index in [2.05, 4.69) is 10.6 Å². The molecule has 0 unspecified atom stereocenters. The fourth-order valence-corrected chi connectivity index (χ4v) is 3.18. The zero-order valence-electron chi connectivity index (χ0n) is 14.8. The minimum Gasteiger partial charge on any atom is -0.362 e. The molecule has 0 heterocycles. The van der Waals surface area contributed by atoms with E-state index in [0.29, 0.717) is 5.11 Å². The van der Waals surface area contributed by atoms with Crippen LogP contribution in [-0.4, -0.2) is 41.8 Å². The number of carbonyl (C=O) groups excluding carboxylic acids is 1. The first-order chi connectivity index (χ1) is 12.4. The molecule has 2 rings (SSSR count). The zero-order valence-corrected chi connectivity index (χ0v) is 17.2. The third kappa shape index (κ3) is 7.23. The molecule has 0 saturated heterocycles. The number of anilines is 1. The summed E-state index contributed by atoms with van der Waals surface area (Å²) < 4.78 is 0. The summed E-state index contributed by atoms with van der Waals surface area (Å²) in [6.07, 6.45) is 0. The molecule has 0 aliphatic rings. The highest BCUT2D eigenvalue weighted by molar-refractivity contribution is 7.99. The van der Waals surface area contributed by atoms with Crippen LogP contribution in [-0.2, 0) is 4.79 Å². The average molecular weight is 408 g/mol. The molecule has 7 heteroatoms. The van der Waals surface area contributed by atoms with E-state index >= 15 is 0 Å². The molecule has 0 radical (unpaired) electrons. The number of thiocarbonyl (C=S) groups is 1. The second-order valence-corrected chi connectivity index (χ2v) is 7.80. The number of carbonyl (C=O) groups is 1. The van der Waals surface area contributed by atoms with Crippen LogP contribution < -0.4 is 10.6 Å². The predicted octanol–water partition coefficient (Wildman–Crippen LogP) is 4.19. The molecule has 0 saturated carbocycles. The normalized spacial score (nSPS) is 10.3. The number of amides is 1. The Labute approximate surface area is 169 Å². The number of rotatable bonds is 7. The molecular weight excluding hydrogens is 386 g/mol. The van der Waals surface area contributed by atoms with Gasteiger partial charge in [0.2, 0.25) is 5.91 Å². The summed E-state index contributed by atoms with van der Waals surface area (Å²) in [5.74, 6) is 0.765. The van der Waals surface area contributed by atoms with Crippen LogP contribution in [0.2, 0.25) is 5.02 Å². The van der Waals surface area contributed by atoms with Gasteiger partial charge >= 0.3 is 0 Å². The fourth-order valence-electron chi connectivity index (χ4n) is 2.12. The second-order valence-electron chi connectivity index (χ2n) is 5.80. The lowest BCUT2D eigenvalue weighted by Crippen LogP contribution is -2.42. The van der Waals surface area contributed by atoms with Crippen LogP contribution in [0.4, 0.5) is 5.69 Å². The van der Waals surface area contributed by atoms with Gasteiger partial charge in [-0.1, -0.05) is 29.3 Å². The average Bonchev–Trinajstić information content (AvgIpc) is 2.62. The van der Waals surface area contributed by atoms with Gasteiger partial charge in [-0.2, -0.15) is 0 Å². The number of nitrogens with one attached hydrogen (secondary N) is 2. The minimum absolute atomic E-state index is 0.101. The van der Waals surface area contributed by atoms with Crippen LogP contribution in [0.25, 0.3) is 0 Å². The lowest BCUT2D eigenvalue weighted by atomic mass is 10.2. The van der Waals surface area contributed by atoms with Crippen LogP contribution in [0.1, 0.15) is 5.56 Å². The summed E-state index contributed by atoms with van der Waals surface area (Å²) in [5, 5.41) is 7.33. The van der Waals surface area contributed by atoms with E-state index in [9.17, 15) is 4.79 Å². The van der Waals surface area contributed by atoms with Gasteiger partial charge in [0.15, 0.2) is 5.11 Å². The molecule has 2 aromatic rings. The van der Waals surface area contributed by atoms with E-state index in [1.165, 1.54) is 0 Å². The van der Waals surface area contributed by atoms with E-state index in [-0.39, 0.29) is 12.5 Å². The first-order valence-electron chi connectivity index (χ1n) is 8.18. The van der Waals surface area contributed by atoms with Crippen LogP contribution in [0.15, 0.2) is 53.4 Å². The van der Waals surface area contributed by atoms with Crippen molar-refractivity contribution in [2.24, 2.45) is 0 Å². The fraction of sp³-hybridized carbons (Fsp3) is 0.263. The Morgan fingerprint density at radius 3 is 2.46 bits per heavy atom. The molecule has 1 amide bonds. The highest BCUT2D eigenvalue weighted by Gasteiger charge is 2.09. The van der Waals surface area contributed by atoms with Crippen molar-refractivity contribution in [1.29, 1.82) is 0 Å². The third-order valence-electron chi connectivity index (χ3n) is 3.52. The molecule has 4 nitrogen and oxygen atoms in total. The molecule has 26 heavy (non-hydrogen) atoms. The highest BCUT2D eigenvalue weighted by atomic mass is 35.5. The Bertz CT molecular complexity index is 735. The molecule has 0 atom stereocenters. The maximum atomic E-state index is 12.1. The standard InChI is InChI=1S/C19H22ClN3OS2/c1-14-3-7-16(8-4-14)22-18(24)13-23(2)19(25)21-11-12-26-17-9-5-15(20)6-10-17/h3-10H,11-13H2,1-2H3,(H,21,25)(H,22,24). The summed E-state index contributed by atoms with van der Waals surface area (Å²) in [6.45, 7) is 2.93. The number of hydrogen-bond donors (Lipinski definition) is 2. The van der Waals surface area contributed by atoms with Crippen LogP contribution in [0.3, 0.4) is 0 Å². The summed E-state index contributed by atoms with van der Waals surface area (Å²) in [5.41, 5.74) is 1.94.